The number of benzene rings is 2. The van der Waals surface area contributed by atoms with Gasteiger partial charge in [-0.05, 0) is 42.2 Å². The standard InChI is InChI=1S/C19H21NO3/c21-11-4-7-17(14-5-2-1-3-6-14)20-19(22)16-8-9-18-15(13-16)10-12-23-18/h1-3,5-6,8-9,13,17,21H,4,7,10-12H2,(H,20,22). The van der Waals surface area contributed by atoms with E-state index in [1.165, 1.54) is 0 Å². The monoisotopic (exact) mass is 311 g/mol. The Hall–Kier alpha value is -2.33. The highest BCUT2D eigenvalue weighted by Gasteiger charge is 2.18. The van der Waals surface area contributed by atoms with Crippen LogP contribution in [0.5, 0.6) is 5.75 Å². The predicted octanol–water partition coefficient (Wildman–Crippen LogP) is 2.87. The van der Waals surface area contributed by atoms with Crippen molar-refractivity contribution in [2.75, 3.05) is 13.2 Å². The molecular weight excluding hydrogens is 290 g/mol. The minimum Gasteiger partial charge on any atom is -0.493 e. The van der Waals surface area contributed by atoms with Crippen LogP contribution in [0, 0.1) is 0 Å². The summed E-state index contributed by atoms with van der Waals surface area (Å²) in [6.07, 6.45) is 2.21. The molecule has 1 aliphatic rings. The van der Waals surface area contributed by atoms with Gasteiger partial charge < -0.3 is 15.2 Å². The first kappa shape index (κ1) is 15.6. The molecule has 0 aliphatic carbocycles. The number of carbonyl (C=O) groups excluding carboxylic acids is 1. The molecule has 2 aromatic carbocycles. The summed E-state index contributed by atoms with van der Waals surface area (Å²) >= 11 is 0. The number of amides is 1. The van der Waals surface area contributed by atoms with E-state index in [0.717, 1.165) is 23.3 Å². The SMILES string of the molecule is O=C(NC(CCCO)c1ccccc1)c1ccc2c(c1)CCO2. The molecule has 0 radical (unpaired) electrons. The van der Waals surface area contributed by atoms with Crippen molar-refractivity contribution in [2.45, 2.75) is 25.3 Å². The molecule has 0 aromatic heterocycles. The van der Waals surface area contributed by atoms with Crippen LogP contribution >= 0.6 is 0 Å². The van der Waals surface area contributed by atoms with Crippen molar-refractivity contribution in [1.29, 1.82) is 0 Å². The Bertz CT molecular complexity index is 670. The summed E-state index contributed by atoms with van der Waals surface area (Å²) in [5.41, 5.74) is 2.79. The molecule has 1 heterocycles. The van der Waals surface area contributed by atoms with Crippen LogP contribution in [0.4, 0.5) is 0 Å². The number of nitrogens with one attached hydrogen (secondary N) is 1. The van der Waals surface area contributed by atoms with E-state index in [1.54, 1.807) is 6.07 Å². The average Bonchev–Trinajstić information content (AvgIpc) is 3.06. The van der Waals surface area contributed by atoms with E-state index < -0.39 is 0 Å². The van der Waals surface area contributed by atoms with Crippen LogP contribution in [0.25, 0.3) is 0 Å². The molecule has 0 spiro atoms. The fourth-order valence-corrected chi connectivity index (χ4v) is 2.87. The van der Waals surface area contributed by atoms with Crippen molar-refractivity contribution < 1.29 is 14.6 Å². The minimum atomic E-state index is -0.0969. The van der Waals surface area contributed by atoms with Gasteiger partial charge in [-0.25, -0.2) is 0 Å². The molecule has 1 aliphatic heterocycles. The zero-order chi connectivity index (χ0) is 16.1. The Morgan fingerprint density at radius 3 is 2.83 bits per heavy atom. The molecule has 4 heteroatoms. The Kier molecular flexibility index (Phi) is 4.93. The van der Waals surface area contributed by atoms with Crippen molar-refractivity contribution in [3.8, 4) is 5.75 Å². The lowest BCUT2D eigenvalue weighted by Crippen LogP contribution is -2.28. The van der Waals surface area contributed by atoms with Crippen LogP contribution in [0.3, 0.4) is 0 Å². The first-order chi connectivity index (χ1) is 11.3. The number of hydrogen-bond donors (Lipinski definition) is 2. The van der Waals surface area contributed by atoms with E-state index in [0.29, 0.717) is 25.0 Å². The fourth-order valence-electron chi connectivity index (χ4n) is 2.87. The van der Waals surface area contributed by atoms with Gasteiger partial charge in [-0.3, -0.25) is 4.79 Å². The molecule has 1 atom stereocenters. The molecule has 0 saturated heterocycles. The van der Waals surface area contributed by atoms with Crippen LogP contribution < -0.4 is 10.1 Å². The number of carbonyl (C=O) groups is 1. The van der Waals surface area contributed by atoms with Gasteiger partial charge in [0.05, 0.1) is 12.6 Å². The smallest absolute Gasteiger partial charge is 0.251 e. The summed E-state index contributed by atoms with van der Waals surface area (Å²) in [7, 11) is 0. The topological polar surface area (TPSA) is 58.6 Å². The van der Waals surface area contributed by atoms with E-state index in [1.807, 2.05) is 42.5 Å². The lowest BCUT2D eigenvalue weighted by atomic mass is 10.0. The third-order valence-electron chi connectivity index (χ3n) is 4.11. The highest BCUT2D eigenvalue weighted by Crippen LogP contribution is 2.26. The van der Waals surface area contributed by atoms with Gasteiger partial charge in [-0.15, -0.1) is 0 Å². The first-order valence-electron chi connectivity index (χ1n) is 8.00. The quantitative estimate of drug-likeness (QED) is 0.862. The normalized spacial score (nSPS) is 14.0. The second kappa shape index (κ2) is 7.29. The van der Waals surface area contributed by atoms with Gasteiger partial charge in [0.25, 0.3) is 5.91 Å². The van der Waals surface area contributed by atoms with Crippen molar-refractivity contribution in [3.05, 3.63) is 65.2 Å². The second-order valence-electron chi connectivity index (χ2n) is 5.72. The summed E-state index contributed by atoms with van der Waals surface area (Å²) < 4.78 is 5.48. The lowest BCUT2D eigenvalue weighted by molar-refractivity contribution is 0.0932. The van der Waals surface area contributed by atoms with Crippen molar-refractivity contribution in [2.24, 2.45) is 0 Å². The lowest BCUT2D eigenvalue weighted by Gasteiger charge is -2.19. The zero-order valence-corrected chi connectivity index (χ0v) is 13.0. The Morgan fingerprint density at radius 2 is 2.04 bits per heavy atom. The van der Waals surface area contributed by atoms with E-state index in [-0.39, 0.29) is 18.6 Å². The van der Waals surface area contributed by atoms with Crippen LogP contribution in [0.2, 0.25) is 0 Å². The average molecular weight is 311 g/mol. The van der Waals surface area contributed by atoms with Gasteiger partial charge in [-0.1, -0.05) is 30.3 Å². The number of fused-ring (bicyclic) bond motifs is 1. The first-order valence-corrected chi connectivity index (χ1v) is 8.00. The Morgan fingerprint density at radius 1 is 1.22 bits per heavy atom. The summed E-state index contributed by atoms with van der Waals surface area (Å²) in [5, 5.41) is 12.2. The molecule has 120 valence electrons. The van der Waals surface area contributed by atoms with Gasteiger partial charge in [-0.2, -0.15) is 0 Å². The number of hydrogen-bond acceptors (Lipinski definition) is 3. The molecule has 0 bridgehead atoms. The summed E-state index contributed by atoms with van der Waals surface area (Å²) in [4.78, 5) is 12.6. The fraction of sp³-hybridized carbons (Fsp3) is 0.316. The Balaban J connectivity index is 1.75. The predicted molar refractivity (Wildman–Crippen MR) is 88.6 cm³/mol. The number of ether oxygens (including phenoxy) is 1. The molecule has 3 rings (SSSR count). The minimum absolute atomic E-state index is 0.0912. The Labute approximate surface area is 136 Å². The third-order valence-corrected chi connectivity index (χ3v) is 4.11. The molecule has 23 heavy (non-hydrogen) atoms. The highest BCUT2D eigenvalue weighted by molar-refractivity contribution is 5.94. The number of aliphatic hydroxyl groups is 1. The van der Waals surface area contributed by atoms with E-state index in [2.05, 4.69) is 5.32 Å². The van der Waals surface area contributed by atoms with E-state index in [9.17, 15) is 4.79 Å². The summed E-state index contributed by atoms with van der Waals surface area (Å²) in [5.74, 6) is 0.785. The molecule has 2 N–H and O–H groups in total. The molecule has 4 nitrogen and oxygen atoms in total. The maximum Gasteiger partial charge on any atom is 0.251 e. The van der Waals surface area contributed by atoms with Crippen molar-refractivity contribution in [3.63, 3.8) is 0 Å². The zero-order valence-electron chi connectivity index (χ0n) is 13.0. The van der Waals surface area contributed by atoms with Gasteiger partial charge in [0, 0.05) is 18.6 Å². The highest BCUT2D eigenvalue weighted by atomic mass is 16.5. The summed E-state index contributed by atoms with van der Waals surface area (Å²) in [6, 6.07) is 15.3. The molecule has 0 fully saturated rings. The number of rotatable bonds is 6. The maximum atomic E-state index is 12.6. The van der Waals surface area contributed by atoms with Crippen LogP contribution in [0.1, 0.15) is 40.4 Å². The maximum absolute atomic E-state index is 12.6. The van der Waals surface area contributed by atoms with Crippen LogP contribution in [0.15, 0.2) is 48.5 Å². The molecule has 1 amide bonds. The third kappa shape index (κ3) is 3.71. The van der Waals surface area contributed by atoms with Crippen LogP contribution in [-0.4, -0.2) is 24.2 Å². The van der Waals surface area contributed by atoms with E-state index >= 15 is 0 Å². The van der Waals surface area contributed by atoms with Gasteiger partial charge in [0.1, 0.15) is 5.75 Å². The molecule has 0 saturated carbocycles. The molecule has 1 unspecified atom stereocenters. The van der Waals surface area contributed by atoms with Gasteiger partial charge in [0.15, 0.2) is 0 Å². The van der Waals surface area contributed by atoms with Crippen molar-refractivity contribution >= 4 is 5.91 Å². The summed E-state index contributed by atoms with van der Waals surface area (Å²) in [6.45, 7) is 0.804. The van der Waals surface area contributed by atoms with Crippen molar-refractivity contribution in [1.82, 2.24) is 5.32 Å². The number of aliphatic hydroxyl groups excluding tert-OH is 1. The van der Waals surface area contributed by atoms with Gasteiger partial charge in [0.2, 0.25) is 0 Å². The molecule has 2 aromatic rings. The molecular formula is C19H21NO3. The largest absolute Gasteiger partial charge is 0.493 e. The van der Waals surface area contributed by atoms with Gasteiger partial charge >= 0.3 is 0 Å². The second-order valence-corrected chi connectivity index (χ2v) is 5.72. The van der Waals surface area contributed by atoms with Crippen LogP contribution in [-0.2, 0) is 6.42 Å². The van der Waals surface area contributed by atoms with E-state index in [4.69, 9.17) is 9.84 Å².